The maximum absolute atomic E-state index is 13.0. The van der Waals surface area contributed by atoms with Crippen molar-refractivity contribution in [2.75, 3.05) is 39.2 Å². The number of fused-ring (bicyclic) bond motifs is 1. The number of anilines is 1. The van der Waals surface area contributed by atoms with E-state index in [1.54, 1.807) is 16.7 Å². The Morgan fingerprint density at radius 3 is 2.50 bits per heavy atom. The summed E-state index contributed by atoms with van der Waals surface area (Å²) in [6.07, 6.45) is 0.988. The van der Waals surface area contributed by atoms with Gasteiger partial charge in [-0.25, -0.2) is 0 Å². The first-order valence-electron chi connectivity index (χ1n) is 8.86. The highest BCUT2D eigenvalue weighted by atomic mass is 32.2. The van der Waals surface area contributed by atoms with Crippen LogP contribution in [0.15, 0.2) is 53.4 Å². The zero-order valence-electron chi connectivity index (χ0n) is 15.9. The van der Waals surface area contributed by atoms with E-state index >= 15 is 0 Å². The van der Waals surface area contributed by atoms with Crippen LogP contribution in [0.5, 0.6) is 5.75 Å². The van der Waals surface area contributed by atoms with Crippen molar-refractivity contribution < 1.29 is 9.53 Å². The number of amides is 1. The molecule has 1 amide bonds. The first-order valence-corrected chi connectivity index (χ1v) is 9.68. The molecule has 0 fully saturated rings. The Kier molecular flexibility index (Phi) is 5.58. The molecule has 0 spiro atoms. The van der Waals surface area contributed by atoms with Crippen molar-refractivity contribution in [3.63, 3.8) is 0 Å². The normalized spacial score (nSPS) is 19.6. The summed E-state index contributed by atoms with van der Waals surface area (Å²) in [6.45, 7) is 3.70. The number of ether oxygens (including phenoxy) is 1. The van der Waals surface area contributed by atoms with Crippen molar-refractivity contribution in [1.29, 1.82) is 0 Å². The van der Waals surface area contributed by atoms with Crippen LogP contribution in [0.3, 0.4) is 0 Å². The molecule has 0 radical (unpaired) electrons. The first-order chi connectivity index (χ1) is 12.4. The minimum absolute atomic E-state index is 0.0980. The van der Waals surface area contributed by atoms with Gasteiger partial charge in [0.15, 0.2) is 0 Å². The summed E-state index contributed by atoms with van der Waals surface area (Å²) in [7, 11) is 5.97. The maximum atomic E-state index is 13.0. The summed E-state index contributed by atoms with van der Waals surface area (Å²) in [6, 6.07) is 16.0. The van der Waals surface area contributed by atoms with E-state index in [0.717, 1.165) is 34.9 Å². The van der Waals surface area contributed by atoms with Gasteiger partial charge in [0.1, 0.15) is 10.5 Å². The summed E-state index contributed by atoms with van der Waals surface area (Å²) in [5, 5.41) is 0. The van der Waals surface area contributed by atoms with Crippen molar-refractivity contribution in [1.82, 2.24) is 4.90 Å². The highest BCUT2D eigenvalue weighted by Gasteiger charge is 2.43. The molecule has 2 aromatic rings. The molecule has 1 unspecified atom stereocenters. The van der Waals surface area contributed by atoms with Gasteiger partial charge in [0.2, 0.25) is 5.91 Å². The Morgan fingerprint density at radius 2 is 1.81 bits per heavy atom. The van der Waals surface area contributed by atoms with Gasteiger partial charge in [-0.2, -0.15) is 0 Å². The zero-order valence-corrected chi connectivity index (χ0v) is 16.7. The number of benzene rings is 2. The fourth-order valence-electron chi connectivity index (χ4n) is 3.14. The van der Waals surface area contributed by atoms with E-state index in [2.05, 4.69) is 25.1 Å². The number of hydrogen-bond donors (Lipinski definition) is 0. The number of hydrogen-bond acceptors (Lipinski definition) is 4. The van der Waals surface area contributed by atoms with Crippen LogP contribution in [0.25, 0.3) is 0 Å². The van der Waals surface area contributed by atoms with E-state index < -0.39 is 4.75 Å². The van der Waals surface area contributed by atoms with Crippen LogP contribution in [0.4, 0.5) is 5.69 Å². The lowest BCUT2D eigenvalue weighted by Crippen LogP contribution is -2.44. The van der Waals surface area contributed by atoms with E-state index in [-0.39, 0.29) is 5.91 Å². The smallest absolute Gasteiger partial charge is 0.247 e. The minimum atomic E-state index is -0.632. The van der Waals surface area contributed by atoms with Gasteiger partial charge in [-0.1, -0.05) is 24.3 Å². The second-order valence-electron chi connectivity index (χ2n) is 7.00. The van der Waals surface area contributed by atoms with Crippen molar-refractivity contribution >= 4 is 23.4 Å². The Hall–Kier alpha value is -1.98. The molecule has 0 N–H and O–H groups in total. The summed E-state index contributed by atoms with van der Waals surface area (Å²) in [5.74, 6) is 0.943. The van der Waals surface area contributed by atoms with Crippen molar-refractivity contribution in [3.8, 4) is 5.75 Å². The fraction of sp³-hybridized carbons (Fsp3) is 0.381. The van der Waals surface area contributed by atoms with Crippen LogP contribution in [-0.2, 0) is 9.54 Å². The van der Waals surface area contributed by atoms with Crippen LogP contribution in [0.1, 0.15) is 18.9 Å². The zero-order chi connectivity index (χ0) is 18.7. The average Bonchev–Trinajstić information content (AvgIpc) is 2.64. The second-order valence-corrected chi connectivity index (χ2v) is 8.46. The number of nitrogens with zero attached hydrogens (tertiary/aromatic N) is 2. The van der Waals surface area contributed by atoms with Crippen LogP contribution >= 0.6 is 11.8 Å². The number of likely N-dealkylation sites (N-methyl/N-ethyl adjacent to an activating group) is 1. The third-order valence-corrected chi connectivity index (χ3v) is 6.06. The third kappa shape index (κ3) is 3.74. The van der Waals surface area contributed by atoms with E-state index in [9.17, 15) is 4.79 Å². The van der Waals surface area contributed by atoms with Crippen molar-refractivity contribution in [2.24, 2.45) is 0 Å². The van der Waals surface area contributed by atoms with Gasteiger partial charge < -0.3 is 14.5 Å². The molecular weight excluding hydrogens is 344 g/mol. The molecule has 1 atom stereocenters. The Balaban J connectivity index is 1.75. The molecule has 0 saturated heterocycles. The molecule has 4 nitrogen and oxygen atoms in total. The molecule has 0 bridgehead atoms. The number of para-hydroxylation sites is 1. The Labute approximate surface area is 160 Å². The van der Waals surface area contributed by atoms with Gasteiger partial charge in [0.05, 0.1) is 12.3 Å². The molecule has 1 aliphatic rings. The van der Waals surface area contributed by atoms with Crippen molar-refractivity contribution in [3.05, 3.63) is 54.1 Å². The third-order valence-electron chi connectivity index (χ3n) is 4.68. The first kappa shape index (κ1) is 18.8. The topological polar surface area (TPSA) is 32.8 Å². The summed E-state index contributed by atoms with van der Waals surface area (Å²) in [5.41, 5.74) is 1.97. The van der Waals surface area contributed by atoms with E-state index in [1.807, 2.05) is 56.4 Å². The van der Waals surface area contributed by atoms with Crippen LogP contribution in [0, 0.1) is 0 Å². The van der Waals surface area contributed by atoms with Crippen molar-refractivity contribution in [2.45, 2.75) is 23.0 Å². The molecule has 1 aliphatic heterocycles. The monoisotopic (exact) mass is 370 g/mol. The standard InChI is InChI=1S/C21H26N2O2S/c1-21(20(24)23(4)18-8-5-6-9-19(18)26-21)16-10-12-17(13-11-16)25-15-7-14-22(2)3/h5-6,8-13H,7,14-15H2,1-4H3. The van der Waals surface area contributed by atoms with Gasteiger partial charge in [0.25, 0.3) is 0 Å². The molecule has 5 heteroatoms. The number of carbonyl (C=O) groups is 1. The lowest BCUT2D eigenvalue weighted by molar-refractivity contribution is -0.120. The molecule has 138 valence electrons. The number of thioether (sulfide) groups is 1. The predicted molar refractivity (Wildman–Crippen MR) is 108 cm³/mol. The quantitative estimate of drug-likeness (QED) is 0.720. The van der Waals surface area contributed by atoms with Crippen LogP contribution < -0.4 is 9.64 Å². The highest BCUT2D eigenvalue weighted by Crippen LogP contribution is 2.50. The summed E-state index contributed by atoms with van der Waals surface area (Å²) in [4.78, 5) is 18.1. The summed E-state index contributed by atoms with van der Waals surface area (Å²) >= 11 is 1.62. The molecular formula is C21H26N2O2S. The van der Waals surface area contributed by atoms with Gasteiger partial charge in [-0.3, -0.25) is 4.79 Å². The largest absolute Gasteiger partial charge is 0.494 e. The SMILES string of the molecule is CN(C)CCCOc1ccc(C2(C)Sc3ccccc3N(C)C2=O)cc1. The molecule has 26 heavy (non-hydrogen) atoms. The van der Waals surface area contributed by atoms with E-state index in [0.29, 0.717) is 6.61 Å². The van der Waals surface area contributed by atoms with Gasteiger partial charge >= 0.3 is 0 Å². The minimum Gasteiger partial charge on any atom is -0.494 e. The molecule has 0 aromatic heterocycles. The molecule has 2 aromatic carbocycles. The molecule has 0 saturated carbocycles. The predicted octanol–water partition coefficient (Wildman–Crippen LogP) is 4.00. The lowest BCUT2D eigenvalue weighted by atomic mass is 9.97. The number of rotatable bonds is 6. The second kappa shape index (κ2) is 7.72. The van der Waals surface area contributed by atoms with Gasteiger partial charge in [-0.05, 0) is 57.3 Å². The van der Waals surface area contributed by atoms with E-state index in [1.165, 1.54) is 0 Å². The lowest BCUT2D eigenvalue weighted by Gasteiger charge is -2.38. The van der Waals surface area contributed by atoms with Gasteiger partial charge in [0, 0.05) is 18.5 Å². The highest BCUT2D eigenvalue weighted by molar-refractivity contribution is 8.01. The van der Waals surface area contributed by atoms with Crippen LogP contribution in [-0.4, -0.2) is 45.1 Å². The summed E-state index contributed by atoms with van der Waals surface area (Å²) < 4.78 is 5.17. The van der Waals surface area contributed by atoms with Gasteiger partial charge in [-0.15, -0.1) is 11.8 Å². The molecule has 0 aliphatic carbocycles. The molecule has 3 rings (SSSR count). The maximum Gasteiger partial charge on any atom is 0.247 e. The molecule has 1 heterocycles. The van der Waals surface area contributed by atoms with Crippen LogP contribution in [0.2, 0.25) is 0 Å². The Bertz CT molecular complexity index is 776. The van der Waals surface area contributed by atoms with E-state index in [4.69, 9.17) is 4.74 Å². The Morgan fingerprint density at radius 1 is 1.12 bits per heavy atom. The average molecular weight is 371 g/mol. The number of carbonyl (C=O) groups excluding carboxylic acids is 1. The fourth-order valence-corrected chi connectivity index (χ4v) is 4.51.